The van der Waals surface area contributed by atoms with E-state index in [0.29, 0.717) is 22.8 Å². The van der Waals surface area contributed by atoms with Gasteiger partial charge in [0.1, 0.15) is 17.8 Å². The second kappa shape index (κ2) is 17.3. The minimum atomic E-state index is -4.73. The third-order valence-corrected chi connectivity index (χ3v) is 9.09. The number of amides is 1. The summed E-state index contributed by atoms with van der Waals surface area (Å²) in [5, 5.41) is 28.1. The van der Waals surface area contributed by atoms with Gasteiger partial charge >= 0.3 is 6.18 Å². The molecule has 2 atom stereocenters. The molecule has 1 aromatic heterocycles. The maximum Gasteiger partial charge on any atom is 0.416 e. The number of methoxy groups -OCH3 is 2. The molecule has 3 N–H and O–H groups in total. The predicted molar refractivity (Wildman–Crippen MR) is 200 cm³/mol. The lowest BCUT2D eigenvalue weighted by molar-refractivity contribution is -0.138. The van der Waals surface area contributed by atoms with E-state index in [-0.39, 0.29) is 35.7 Å². The molecule has 6 aromatic rings. The van der Waals surface area contributed by atoms with Crippen molar-refractivity contribution in [2.24, 2.45) is 0 Å². The fraction of sp³-hybridized carbons (Fsp3) is 0.214. The van der Waals surface area contributed by atoms with Crippen molar-refractivity contribution in [3.05, 3.63) is 143 Å². The SMILES string of the molecule is COc1ccc(CC(=O)Nc2ccc(C(O)N(Cc3ccc(-c4noc(-c5ccc(-c6ccc(C)cc6)cc5)n4)cc3)CC(O)OC)c(F)c2)c(C(F)(F)F)c1. The van der Waals surface area contributed by atoms with Gasteiger partial charge < -0.3 is 29.5 Å². The fourth-order valence-electron chi connectivity index (χ4n) is 6.02. The van der Waals surface area contributed by atoms with Crippen LogP contribution in [-0.4, -0.2) is 58.2 Å². The normalized spacial score (nSPS) is 12.8. The Hall–Kier alpha value is -5.93. The molecule has 14 heteroatoms. The summed E-state index contributed by atoms with van der Waals surface area (Å²) in [5.41, 5.74) is 3.92. The molecule has 0 bridgehead atoms. The zero-order chi connectivity index (χ0) is 40.0. The second-order valence-corrected chi connectivity index (χ2v) is 13.0. The lowest BCUT2D eigenvalue weighted by atomic mass is 10.0. The average Bonchev–Trinajstić information content (AvgIpc) is 3.68. The Kier molecular flexibility index (Phi) is 12.2. The van der Waals surface area contributed by atoms with Gasteiger partial charge in [-0.1, -0.05) is 83.5 Å². The zero-order valence-electron chi connectivity index (χ0n) is 30.5. The molecule has 0 saturated carbocycles. The molecule has 0 fully saturated rings. The van der Waals surface area contributed by atoms with E-state index in [9.17, 15) is 28.2 Å². The number of nitrogens with zero attached hydrogens (tertiary/aromatic N) is 3. The fourth-order valence-corrected chi connectivity index (χ4v) is 6.02. The van der Waals surface area contributed by atoms with Crippen molar-refractivity contribution in [1.82, 2.24) is 15.0 Å². The van der Waals surface area contributed by atoms with Crippen LogP contribution in [0, 0.1) is 12.7 Å². The maximum atomic E-state index is 15.5. The van der Waals surface area contributed by atoms with E-state index in [1.165, 1.54) is 42.9 Å². The summed E-state index contributed by atoms with van der Waals surface area (Å²) in [6.45, 7) is 1.88. The van der Waals surface area contributed by atoms with Crippen molar-refractivity contribution in [3.8, 4) is 39.7 Å². The number of benzene rings is 5. The molecule has 0 aliphatic rings. The van der Waals surface area contributed by atoms with Crippen LogP contribution in [0.1, 0.15) is 34.0 Å². The molecular formula is C42H38F4N4O6. The van der Waals surface area contributed by atoms with Crippen LogP contribution in [0.3, 0.4) is 0 Å². The van der Waals surface area contributed by atoms with Gasteiger partial charge in [0.25, 0.3) is 5.89 Å². The van der Waals surface area contributed by atoms with Gasteiger partial charge in [-0.3, -0.25) is 9.69 Å². The van der Waals surface area contributed by atoms with Gasteiger partial charge in [0.15, 0.2) is 6.29 Å². The summed E-state index contributed by atoms with van der Waals surface area (Å²) in [4.78, 5) is 18.6. The highest BCUT2D eigenvalue weighted by Crippen LogP contribution is 2.35. The molecule has 10 nitrogen and oxygen atoms in total. The first-order valence-corrected chi connectivity index (χ1v) is 17.4. The number of halogens is 4. The highest BCUT2D eigenvalue weighted by atomic mass is 19.4. The molecule has 0 radical (unpaired) electrons. The summed E-state index contributed by atoms with van der Waals surface area (Å²) in [7, 11) is 2.51. The number of aryl methyl sites for hydroxylation is 1. The highest BCUT2D eigenvalue weighted by molar-refractivity contribution is 5.92. The van der Waals surface area contributed by atoms with Crippen molar-refractivity contribution in [2.75, 3.05) is 26.1 Å². The van der Waals surface area contributed by atoms with Crippen LogP contribution >= 0.6 is 0 Å². The average molecular weight is 771 g/mol. The Labute approximate surface area is 320 Å². The van der Waals surface area contributed by atoms with Gasteiger partial charge in [-0.15, -0.1) is 0 Å². The molecule has 290 valence electrons. The van der Waals surface area contributed by atoms with Crippen molar-refractivity contribution in [1.29, 1.82) is 0 Å². The van der Waals surface area contributed by atoms with Gasteiger partial charge in [0.05, 0.1) is 25.6 Å². The van der Waals surface area contributed by atoms with E-state index < -0.39 is 42.4 Å². The summed E-state index contributed by atoms with van der Waals surface area (Å²) in [6, 6.07) is 29.9. The standard InChI is InChI=1S/C42H38F4N4O6/c1-25-4-8-27(9-5-25)28-12-14-30(15-13-28)40-48-39(49-56-40)29-10-6-26(7-11-29)23-50(24-38(52)55-3)41(53)34-19-17-32(21-36(34)43)47-37(51)20-31-16-18-33(54-2)22-35(31)42(44,45)46/h4-19,21-22,38,41,52-53H,20,23-24H2,1-3H3,(H,47,51). The smallest absolute Gasteiger partial charge is 0.416 e. The Balaban J connectivity index is 1.12. The number of ether oxygens (including phenoxy) is 2. The first kappa shape index (κ1) is 39.8. The minimum absolute atomic E-state index is 0.0171. The van der Waals surface area contributed by atoms with E-state index in [2.05, 4.69) is 39.7 Å². The van der Waals surface area contributed by atoms with Gasteiger partial charge in [0.2, 0.25) is 11.7 Å². The number of hydrogen-bond acceptors (Lipinski definition) is 9. The monoisotopic (exact) mass is 770 g/mol. The third-order valence-electron chi connectivity index (χ3n) is 9.09. The van der Waals surface area contributed by atoms with Crippen molar-refractivity contribution >= 4 is 11.6 Å². The van der Waals surface area contributed by atoms with Gasteiger partial charge in [-0.25, -0.2) is 4.39 Å². The lowest BCUT2D eigenvalue weighted by Gasteiger charge is -2.30. The highest BCUT2D eigenvalue weighted by Gasteiger charge is 2.34. The number of aliphatic hydroxyl groups excluding tert-OH is 2. The summed E-state index contributed by atoms with van der Waals surface area (Å²) >= 11 is 0. The predicted octanol–water partition coefficient (Wildman–Crippen LogP) is 8.18. The van der Waals surface area contributed by atoms with Gasteiger partial charge in [0, 0.05) is 36.0 Å². The number of alkyl halides is 3. The molecule has 0 spiro atoms. The number of anilines is 1. The molecule has 0 aliphatic heterocycles. The van der Waals surface area contributed by atoms with Gasteiger partial charge in [-0.2, -0.15) is 18.2 Å². The van der Waals surface area contributed by atoms with Crippen LogP contribution < -0.4 is 10.1 Å². The Morgan fingerprint density at radius 1 is 0.857 bits per heavy atom. The van der Waals surface area contributed by atoms with Crippen molar-refractivity contribution in [3.63, 3.8) is 0 Å². The van der Waals surface area contributed by atoms with Crippen LogP contribution in [0.5, 0.6) is 5.75 Å². The zero-order valence-corrected chi connectivity index (χ0v) is 30.5. The topological polar surface area (TPSA) is 130 Å². The largest absolute Gasteiger partial charge is 0.497 e. The number of rotatable bonds is 14. The van der Waals surface area contributed by atoms with E-state index in [4.69, 9.17) is 14.0 Å². The number of aromatic nitrogens is 2. The molecule has 56 heavy (non-hydrogen) atoms. The Morgan fingerprint density at radius 3 is 2.12 bits per heavy atom. The van der Waals surface area contributed by atoms with Crippen molar-refractivity contribution in [2.45, 2.75) is 38.6 Å². The molecular weight excluding hydrogens is 732 g/mol. The maximum absolute atomic E-state index is 15.5. The third kappa shape index (κ3) is 9.65. The minimum Gasteiger partial charge on any atom is -0.497 e. The van der Waals surface area contributed by atoms with Gasteiger partial charge in [-0.05, 0) is 65.6 Å². The number of carbonyl (C=O) groups excluding carboxylic acids is 1. The Morgan fingerprint density at radius 2 is 1.50 bits per heavy atom. The van der Waals surface area contributed by atoms with E-state index in [0.717, 1.165) is 34.9 Å². The molecule has 1 amide bonds. The first-order valence-electron chi connectivity index (χ1n) is 17.4. The molecule has 1 heterocycles. The van der Waals surface area contributed by atoms with Crippen LogP contribution in [0.2, 0.25) is 0 Å². The summed E-state index contributed by atoms with van der Waals surface area (Å²) in [5.74, 6) is -1.02. The Bertz CT molecular complexity index is 2260. The van der Waals surface area contributed by atoms with Crippen LogP contribution in [0.15, 0.2) is 114 Å². The number of carbonyl (C=O) groups is 1. The summed E-state index contributed by atoms with van der Waals surface area (Å²) < 4.78 is 71.7. The molecule has 0 saturated heterocycles. The van der Waals surface area contributed by atoms with Crippen LogP contribution in [0.4, 0.5) is 23.2 Å². The van der Waals surface area contributed by atoms with E-state index in [1.807, 2.05) is 31.2 Å². The number of nitrogens with one attached hydrogen (secondary N) is 1. The molecule has 6 rings (SSSR count). The van der Waals surface area contributed by atoms with Crippen molar-refractivity contribution < 1.29 is 46.6 Å². The van der Waals surface area contributed by atoms with Crippen LogP contribution in [0.25, 0.3) is 34.0 Å². The molecule has 2 unspecified atom stereocenters. The van der Waals surface area contributed by atoms with E-state index >= 15 is 4.39 Å². The first-order chi connectivity index (χ1) is 26.8. The molecule has 5 aromatic carbocycles. The second-order valence-electron chi connectivity index (χ2n) is 13.0. The van der Waals surface area contributed by atoms with E-state index in [1.54, 1.807) is 24.3 Å². The number of hydrogen-bond donors (Lipinski definition) is 3. The molecule has 0 aliphatic carbocycles. The van der Waals surface area contributed by atoms with Crippen LogP contribution in [-0.2, 0) is 28.7 Å². The lowest BCUT2D eigenvalue weighted by Crippen LogP contribution is -2.36. The number of aliphatic hydroxyl groups is 2. The summed E-state index contributed by atoms with van der Waals surface area (Å²) in [6.07, 6.45) is -8.26. The quantitative estimate of drug-likeness (QED) is 0.0742.